The zero-order valence-corrected chi connectivity index (χ0v) is 15.0. The van der Waals surface area contributed by atoms with Crippen molar-refractivity contribution < 1.29 is 17.6 Å². The predicted octanol–water partition coefficient (Wildman–Crippen LogP) is 1.84. The summed E-state index contributed by atoms with van der Waals surface area (Å²) in [5.74, 6) is -1.37. The van der Waals surface area contributed by atoms with Gasteiger partial charge in [-0.05, 0) is 13.0 Å². The SMILES string of the molecule is CC(=O)Nc1cc(F)c(S(=O)(=O)N2CCNC(C)C2)cc1Cl.Cl. The van der Waals surface area contributed by atoms with Crippen LogP contribution in [0.2, 0.25) is 5.02 Å². The number of carbonyl (C=O) groups excluding carboxylic acids is 1. The lowest BCUT2D eigenvalue weighted by Gasteiger charge is -2.31. The number of piperazine rings is 1. The van der Waals surface area contributed by atoms with Gasteiger partial charge in [-0.2, -0.15) is 4.31 Å². The molecule has 1 saturated heterocycles. The minimum atomic E-state index is -3.97. The fourth-order valence-corrected chi connectivity index (χ4v) is 4.14. The van der Waals surface area contributed by atoms with Crippen LogP contribution in [-0.2, 0) is 14.8 Å². The van der Waals surface area contributed by atoms with Crippen molar-refractivity contribution in [1.82, 2.24) is 9.62 Å². The lowest BCUT2D eigenvalue weighted by Crippen LogP contribution is -2.51. The molecule has 1 aromatic rings. The van der Waals surface area contributed by atoms with Crippen LogP contribution < -0.4 is 10.6 Å². The van der Waals surface area contributed by atoms with Crippen LogP contribution in [0.1, 0.15) is 13.8 Å². The predicted molar refractivity (Wildman–Crippen MR) is 89.2 cm³/mol. The van der Waals surface area contributed by atoms with E-state index in [4.69, 9.17) is 11.6 Å². The minimum Gasteiger partial charge on any atom is -0.325 e. The summed E-state index contributed by atoms with van der Waals surface area (Å²) in [6, 6.07) is 1.94. The van der Waals surface area contributed by atoms with Crippen LogP contribution in [0.3, 0.4) is 0 Å². The number of hydrogen-bond donors (Lipinski definition) is 2. The van der Waals surface area contributed by atoms with Crippen LogP contribution in [-0.4, -0.2) is 44.3 Å². The number of anilines is 1. The van der Waals surface area contributed by atoms with Crippen LogP contribution in [0, 0.1) is 5.82 Å². The molecule has 1 heterocycles. The Morgan fingerprint density at radius 3 is 2.70 bits per heavy atom. The van der Waals surface area contributed by atoms with E-state index in [0.29, 0.717) is 6.54 Å². The van der Waals surface area contributed by atoms with Gasteiger partial charge in [0.2, 0.25) is 15.9 Å². The van der Waals surface area contributed by atoms with Gasteiger partial charge in [-0.25, -0.2) is 12.8 Å². The van der Waals surface area contributed by atoms with Gasteiger partial charge in [0.15, 0.2) is 0 Å². The van der Waals surface area contributed by atoms with Gasteiger partial charge in [0.05, 0.1) is 10.7 Å². The highest BCUT2D eigenvalue weighted by Gasteiger charge is 2.31. The summed E-state index contributed by atoms with van der Waals surface area (Å²) in [6.07, 6.45) is 0. The van der Waals surface area contributed by atoms with Gasteiger partial charge in [0.1, 0.15) is 10.7 Å². The molecule has 1 atom stereocenters. The molecule has 2 rings (SSSR count). The first-order valence-corrected chi connectivity index (χ1v) is 8.54. The van der Waals surface area contributed by atoms with E-state index in [1.165, 1.54) is 11.2 Å². The van der Waals surface area contributed by atoms with E-state index in [2.05, 4.69) is 10.6 Å². The molecular formula is C13H18Cl2FN3O3S. The summed E-state index contributed by atoms with van der Waals surface area (Å²) < 4.78 is 40.5. The average Bonchev–Trinajstić information content (AvgIpc) is 2.41. The van der Waals surface area contributed by atoms with E-state index in [1.54, 1.807) is 0 Å². The second-order valence-electron chi connectivity index (χ2n) is 5.16. The van der Waals surface area contributed by atoms with Gasteiger partial charge in [-0.15, -0.1) is 12.4 Å². The highest BCUT2D eigenvalue weighted by Crippen LogP contribution is 2.30. The summed E-state index contributed by atoms with van der Waals surface area (Å²) in [7, 11) is -3.97. The number of nitrogens with zero attached hydrogens (tertiary/aromatic N) is 1. The molecule has 0 aromatic heterocycles. The molecule has 6 nitrogen and oxygen atoms in total. The van der Waals surface area contributed by atoms with Gasteiger partial charge in [-0.3, -0.25) is 4.79 Å². The summed E-state index contributed by atoms with van der Waals surface area (Å²) in [5.41, 5.74) is 0.0410. The molecule has 1 aliphatic rings. The molecule has 1 unspecified atom stereocenters. The molecule has 1 aliphatic heterocycles. The van der Waals surface area contributed by atoms with Gasteiger partial charge in [0, 0.05) is 38.7 Å². The van der Waals surface area contributed by atoms with Gasteiger partial charge in [-0.1, -0.05) is 11.6 Å². The normalized spacial score (nSPS) is 19.0. The Hall–Kier alpha value is -0.930. The number of rotatable bonds is 3. The second kappa shape index (κ2) is 7.76. The summed E-state index contributed by atoms with van der Waals surface area (Å²) in [4.78, 5) is 10.5. The molecule has 0 saturated carbocycles. The van der Waals surface area contributed by atoms with E-state index in [-0.39, 0.29) is 42.2 Å². The van der Waals surface area contributed by atoms with Crippen LogP contribution in [0.25, 0.3) is 0 Å². The number of amides is 1. The van der Waals surface area contributed by atoms with Crippen molar-refractivity contribution in [3.05, 3.63) is 23.0 Å². The third-order valence-electron chi connectivity index (χ3n) is 3.28. The van der Waals surface area contributed by atoms with Crippen molar-refractivity contribution in [3.8, 4) is 0 Å². The molecule has 1 aromatic carbocycles. The highest BCUT2D eigenvalue weighted by molar-refractivity contribution is 7.89. The molecule has 130 valence electrons. The Morgan fingerprint density at radius 1 is 1.48 bits per heavy atom. The van der Waals surface area contributed by atoms with E-state index >= 15 is 0 Å². The maximum atomic E-state index is 14.2. The molecular weight excluding hydrogens is 368 g/mol. The Bertz CT molecular complexity index is 700. The smallest absolute Gasteiger partial charge is 0.246 e. The molecule has 0 bridgehead atoms. The Morgan fingerprint density at radius 2 is 2.13 bits per heavy atom. The van der Waals surface area contributed by atoms with Crippen molar-refractivity contribution in [1.29, 1.82) is 0 Å². The van der Waals surface area contributed by atoms with Crippen molar-refractivity contribution in [2.75, 3.05) is 25.0 Å². The lowest BCUT2D eigenvalue weighted by molar-refractivity contribution is -0.114. The molecule has 10 heteroatoms. The Kier molecular flexibility index (Phi) is 6.79. The van der Waals surface area contributed by atoms with E-state index in [1.807, 2.05) is 6.92 Å². The minimum absolute atomic E-state index is 0. The van der Waals surface area contributed by atoms with Gasteiger partial charge in [0.25, 0.3) is 0 Å². The number of sulfonamides is 1. The third-order valence-corrected chi connectivity index (χ3v) is 5.47. The molecule has 0 spiro atoms. The fourth-order valence-electron chi connectivity index (χ4n) is 2.27. The number of nitrogens with one attached hydrogen (secondary N) is 2. The van der Waals surface area contributed by atoms with Gasteiger partial charge < -0.3 is 10.6 Å². The van der Waals surface area contributed by atoms with Crippen LogP contribution in [0.4, 0.5) is 10.1 Å². The largest absolute Gasteiger partial charge is 0.325 e. The second-order valence-corrected chi connectivity index (χ2v) is 7.48. The number of halogens is 3. The quantitative estimate of drug-likeness (QED) is 0.831. The third kappa shape index (κ3) is 4.54. The molecule has 23 heavy (non-hydrogen) atoms. The summed E-state index contributed by atoms with van der Waals surface area (Å²) in [6.45, 7) is 4.12. The zero-order valence-electron chi connectivity index (χ0n) is 12.6. The fraction of sp³-hybridized carbons (Fsp3) is 0.462. The van der Waals surface area contributed by atoms with Crippen LogP contribution >= 0.6 is 24.0 Å². The van der Waals surface area contributed by atoms with Gasteiger partial charge >= 0.3 is 0 Å². The monoisotopic (exact) mass is 385 g/mol. The van der Waals surface area contributed by atoms with Crippen molar-refractivity contribution in [2.24, 2.45) is 0 Å². The Labute approximate surface area is 145 Å². The first kappa shape index (κ1) is 20.1. The van der Waals surface area contributed by atoms with E-state index < -0.39 is 26.6 Å². The molecule has 1 fully saturated rings. The Balaban J connectivity index is 0.00000264. The lowest BCUT2D eigenvalue weighted by atomic mass is 10.3. The number of hydrogen-bond acceptors (Lipinski definition) is 4. The summed E-state index contributed by atoms with van der Waals surface area (Å²) in [5, 5.41) is 5.44. The highest BCUT2D eigenvalue weighted by atomic mass is 35.5. The first-order chi connectivity index (χ1) is 10.2. The molecule has 2 N–H and O–H groups in total. The standard InChI is InChI=1S/C13H17ClFN3O3S.ClH/c1-8-7-18(4-3-16-8)22(20,21)13-5-10(14)12(6-11(13)15)17-9(2)19;/h5-6,8,16H,3-4,7H2,1-2H3,(H,17,19);1H. The molecule has 1 amide bonds. The average molecular weight is 386 g/mol. The van der Waals surface area contributed by atoms with Crippen molar-refractivity contribution in [2.45, 2.75) is 24.8 Å². The van der Waals surface area contributed by atoms with Crippen LogP contribution in [0.5, 0.6) is 0 Å². The molecule has 0 radical (unpaired) electrons. The maximum absolute atomic E-state index is 14.2. The maximum Gasteiger partial charge on any atom is 0.246 e. The van der Waals surface area contributed by atoms with Crippen molar-refractivity contribution in [3.63, 3.8) is 0 Å². The van der Waals surface area contributed by atoms with E-state index in [0.717, 1.165) is 12.1 Å². The van der Waals surface area contributed by atoms with Crippen LogP contribution in [0.15, 0.2) is 17.0 Å². The topological polar surface area (TPSA) is 78.5 Å². The first-order valence-electron chi connectivity index (χ1n) is 6.72. The number of benzene rings is 1. The molecule has 0 aliphatic carbocycles. The van der Waals surface area contributed by atoms with E-state index in [9.17, 15) is 17.6 Å². The number of carbonyl (C=O) groups is 1. The zero-order chi connectivity index (χ0) is 16.5. The van der Waals surface area contributed by atoms with Crippen molar-refractivity contribution >= 4 is 45.6 Å². The summed E-state index contributed by atoms with van der Waals surface area (Å²) >= 11 is 5.94.